The van der Waals surface area contributed by atoms with E-state index >= 15 is 0 Å². The number of carbonyl (C=O) groups is 2. The van der Waals surface area contributed by atoms with Crippen molar-refractivity contribution in [3.63, 3.8) is 0 Å². The molecule has 174 valence electrons. The first kappa shape index (κ1) is 24.3. The molecule has 0 fully saturated rings. The first-order chi connectivity index (χ1) is 15.9. The van der Waals surface area contributed by atoms with E-state index in [1.807, 2.05) is 103 Å². The molecule has 3 aromatic rings. The van der Waals surface area contributed by atoms with Crippen LogP contribution in [0.3, 0.4) is 0 Å². The van der Waals surface area contributed by atoms with Gasteiger partial charge in [0.15, 0.2) is 0 Å². The first-order valence-corrected chi connectivity index (χ1v) is 11.7. The Labute approximate surface area is 197 Å². The van der Waals surface area contributed by atoms with Gasteiger partial charge in [-0.25, -0.2) is 0 Å². The lowest BCUT2D eigenvalue weighted by Gasteiger charge is -2.31. The number of hydrogen-bond acceptors (Lipinski definition) is 2. The summed E-state index contributed by atoms with van der Waals surface area (Å²) in [5, 5.41) is 0. The Morgan fingerprint density at radius 2 is 1.58 bits per heavy atom. The van der Waals surface area contributed by atoms with E-state index in [1.54, 1.807) is 4.90 Å². The average Bonchev–Trinajstić information content (AvgIpc) is 3.26. The molecule has 2 aromatic carbocycles. The summed E-state index contributed by atoms with van der Waals surface area (Å²) in [7, 11) is 1.98. The highest BCUT2D eigenvalue weighted by Crippen LogP contribution is 2.16. The molecule has 0 saturated heterocycles. The van der Waals surface area contributed by atoms with Crippen molar-refractivity contribution in [2.24, 2.45) is 7.05 Å². The molecule has 1 heterocycles. The Morgan fingerprint density at radius 1 is 0.879 bits per heavy atom. The Morgan fingerprint density at radius 3 is 2.15 bits per heavy atom. The summed E-state index contributed by atoms with van der Waals surface area (Å²) < 4.78 is 2.03. The second-order valence-corrected chi connectivity index (χ2v) is 8.59. The molecule has 5 heteroatoms. The summed E-state index contributed by atoms with van der Waals surface area (Å²) >= 11 is 0. The SMILES string of the molecule is CCc1ccc(C(=O)N(CC(=O)N(Cc2ccccc2)Cc2cccn2C)C(C)CC)cc1. The van der Waals surface area contributed by atoms with Gasteiger partial charge in [-0.05, 0) is 55.2 Å². The topological polar surface area (TPSA) is 45.6 Å². The summed E-state index contributed by atoms with van der Waals surface area (Å²) in [5.74, 6) is -0.155. The normalized spacial score (nSPS) is 11.8. The summed E-state index contributed by atoms with van der Waals surface area (Å²) in [5.41, 5.74) is 3.93. The number of aryl methyl sites for hydroxylation is 2. The van der Waals surface area contributed by atoms with Crippen molar-refractivity contribution in [3.05, 3.63) is 95.3 Å². The molecule has 5 nitrogen and oxygen atoms in total. The number of nitrogens with zero attached hydrogens (tertiary/aromatic N) is 3. The van der Waals surface area contributed by atoms with Gasteiger partial charge in [0, 0.05) is 37.1 Å². The van der Waals surface area contributed by atoms with Gasteiger partial charge in [-0.3, -0.25) is 9.59 Å². The Bertz CT molecular complexity index is 1040. The maximum atomic E-state index is 13.6. The molecule has 1 aromatic heterocycles. The third-order valence-electron chi connectivity index (χ3n) is 6.27. The van der Waals surface area contributed by atoms with Crippen molar-refractivity contribution in [2.45, 2.75) is 52.7 Å². The second kappa shape index (κ2) is 11.5. The average molecular weight is 446 g/mol. The van der Waals surface area contributed by atoms with Gasteiger partial charge >= 0.3 is 0 Å². The van der Waals surface area contributed by atoms with Crippen LogP contribution in [0.2, 0.25) is 0 Å². The van der Waals surface area contributed by atoms with Gasteiger partial charge in [0.1, 0.15) is 6.54 Å². The molecule has 1 unspecified atom stereocenters. The largest absolute Gasteiger partial charge is 0.353 e. The third kappa shape index (κ3) is 6.35. The highest BCUT2D eigenvalue weighted by Gasteiger charge is 2.26. The van der Waals surface area contributed by atoms with Crippen LogP contribution in [0.5, 0.6) is 0 Å². The minimum Gasteiger partial charge on any atom is -0.353 e. The van der Waals surface area contributed by atoms with Gasteiger partial charge in [0.25, 0.3) is 5.91 Å². The molecule has 1 atom stereocenters. The van der Waals surface area contributed by atoms with E-state index < -0.39 is 0 Å². The number of amides is 2. The molecule has 0 aliphatic rings. The van der Waals surface area contributed by atoms with Gasteiger partial charge < -0.3 is 14.4 Å². The molecule has 3 rings (SSSR count). The molecule has 0 N–H and O–H groups in total. The van der Waals surface area contributed by atoms with Crippen molar-refractivity contribution in [1.82, 2.24) is 14.4 Å². The molecule has 0 bridgehead atoms. The van der Waals surface area contributed by atoms with Gasteiger partial charge in [-0.1, -0.05) is 56.3 Å². The van der Waals surface area contributed by atoms with Gasteiger partial charge in [-0.15, -0.1) is 0 Å². The fourth-order valence-electron chi connectivity index (χ4n) is 3.84. The van der Waals surface area contributed by atoms with Crippen LogP contribution in [0.4, 0.5) is 0 Å². The summed E-state index contributed by atoms with van der Waals surface area (Å²) in [6.07, 6.45) is 3.69. The van der Waals surface area contributed by atoms with Crippen LogP contribution in [0.1, 0.15) is 54.4 Å². The smallest absolute Gasteiger partial charge is 0.254 e. The van der Waals surface area contributed by atoms with E-state index in [0.717, 1.165) is 24.1 Å². The highest BCUT2D eigenvalue weighted by molar-refractivity contribution is 5.96. The monoisotopic (exact) mass is 445 g/mol. The molecule has 0 aliphatic heterocycles. The van der Waals surface area contributed by atoms with Crippen LogP contribution in [-0.4, -0.2) is 38.8 Å². The van der Waals surface area contributed by atoms with E-state index in [-0.39, 0.29) is 24.4 Å². The van der Waals surface area contributed by atoms with Gasteiger partial charge in [-0.2, -0.15) is 0 Å². The Hall–Kier alpha value is -3.34. The number of rotatable bonds is 10. The minimum atomic E-state index is -0.0983. The number of benzene rings is 2. The number of hydrogen-bond donors (Lipinski definition) is 0. The predicted molar refractivity (Wildman–Crippen MR) is 133 cm³/mol. The van der Waals surface area contributed by atoms with E-state index in [1.165, 1.54) is 5.56 Å². The van der Waals surface area contributed by atoms with Crippen molar-refractivity contribution in [1.29, 1.82) is 0 Å². The Balaban J connectivity index is 1.83. The quantitative estimate of drug-likeness (QED) is 0.438. The number of carbonyl (C=O) groups excluding carboxylic acids is 2. The standard InChI is InChI=1S/C28H35N3O2/c1-5-22(3)31(28(33)25-16-14-23(6-2)15-17-25)21-27(32)30(19-24-11-8-7-9-12-24)20-26-13-10-18-29(26)4/h7-18,22H,5-6,19-21H2,1-4H3. The van der Waals surface area contributed by atoms with Crippen LogP contribution in [-0.2, 0) is 31.4 Å². The lowest BCUT2D eigenvalue weighted by molar-refractivity contribution is -0.133. The van der Waals surface area contributed by atoms with Crippen molar-refractivity contribution < 1.29 is 9.59 Å². The minimum absolute atomic E-state index is 0.0408. The summed E-state index contributed by atoms with van der Waals surface area (Å²) in [4.78, 5) is 30.5. The lowest BCUT2D eigenvalue weighted by atomic mass is 10.1. The zero-order valence-corrected chi connectivity index (χ0v) is 20.2. The predicted octanol–water partition coefficient (Wildman–Crippen LogP) is 5.06. The lowest BCUT2D eigenvalue weighted by Crippen LogP contribution is -2.46. The molecule has 33 heavy (non-hydrogen) atoms. The third-order valence-corrected chi connectivity index (χ3v) is 6.27. The van der Waals surface area contributed by atoms with Crippen LogP contribution in [0, 0.1) is 0 Å². The van der Waals surface area contributed by atoms with Crippen molar-refractivity contribution in [3.8, 4) is 0 Å². The molecule has 0 spiro atoms. The summed E-state index contributed by atoms with van der Waals surface area (Å²) in [6, 6.07) is 21.7. The van der Waals surface area contributed by atoms with Crippen molar-refractivity contribution >= 4 is 11.8 Å². The number of aromatic nitrogens is 1. The fraction of sp³-hybridized carbons (Fsp3) is 0.357. The van der Waals surface area contributed by atoms with E-state index in [2.05, 4.69) is 6.92 Å². The van der Waals surface area contributed by atoms with Gasteiger partial charge in [0.2, 0.25) is 5.91 Å². The molecule has 0 aliphatic carbocycles. The maximum Gasteiger partial charge on any atom is 0.254 e. The molecule has 0 saturated carbocycles. The van der Waals surface area contributed by atoms with Crippen molar-refractivity contribution in [2.75, 3.05) is 6.54 Å². The fourth-order valence-corrected chi connectivity index (χ4v) is 3.84. The molecular weight excluding hydrogens is 410 g/mol. The van der Waals surface area contributed by atoms with Crippen LogP contribution in [0.15, 0.2) is 72.9 Å². The molecule has 0 radical (unpaired) electrons. The second-order valence-electron chi connectivity index (χ2n) is 8.59. The zero-order chi connectivity index (χ0) is 23.8. The highest BCUT2D eigenvalue weighted by atomic mass is 16.2. The Kier molecular flexibility index (Phi) is 8.47. The van der Waals surface area contributed by atoms with Crippen LogP contribution >= 0.6 is 0 Å². The molecular formula is C28H35N3O2. The van der Waals surface area contributed by atoms with E-state index in [9.17, 15) is 9.59 Å². The summed E-state index contributed by atoms with van der Waals surface area (Å²) in [6.45, 7) is 7.19. The maximum absolute atomic E-state index is 13.6. The van der Waals surface area contributed by atoms with Crippen LogP contribution in [0.25, 0.3) is 0 Å². The molecule has 2 amide bonds. The van der Waals surface area contributed by atoms with Crippen LogP contribution < -0.4 is 0 Å². The zero-order valence-electron chi connectivity index (χ0n) is 20.2. The van der Waals surface area contributed by atoms with E-state index in [0.29, 0.717) is 18.7 Å². The van der Waals surface area contributed by atoms with Gasteiger partial charge in [0.05, 0.1) is 6.54 Å². The first-order valence-electron chi connectivity index (χ1n) is 11.7. The van der Waals surface area contributed by atoms with E-state index in [4.69, 9.17) is 0 Å².